The van der Waals surface area contributed by atoms with Gasteiger partial charge in [0.15, 0.2) is 5.11 Å². The number of hydrogen-bond donors (Lipinski definition) is 1. The molecule has 1 saturated heterocycles. The first-order chi connectivity index (χ1) is 14.0. The summed E-state index contributed by atoms with van der Waals surface area (Å²) < 4.78 is 5.56. The van der Waals surface area contributed by atoms with Gasteiger partial charge in [-0.15, -0.1) is 0 Å². The molecule has 1 fully saturated rings. The van der Waals surface area contributed by atoms with E-state index in [1.54, 1.807) is 25.1 Å². The Morgan fingerprint density at radius 2 is 1.93 bits per heavy atom. The molecule has 6 nitrogen and oxygen atoms in total. The number of likely N-dealkylation sites (N-methyl/N-ethyl adjacent to an activating group) is 1. The van der Waals surface area contributed by atoms with Gasteiger partial charge in [0.1, 0.15) is 11.4 Å². The molecule has 1 aliphatic rings. The molecule has 152 valence electrons. The van der Waals surface area contributed by atoms with E-state index in [9.17, 15) is 4.79 Å². The van der Waals surface area contributed by atoms with Crippen molar-refractivity contribution < 1.29 is 14.6 Å². The minimum Gasteiger partial charge on any atom is -0.496 e. The van der Waals surface area contributed by atoms with Crippen LogP contribution in [-0.4, -0.2) is 55.4 Å². The van der Waals surface area contributed by atoms with Gasteiger partial charge in [0.05, 0.1) is 12.8 Å². The first-order valence-electron chi connectivity index (χ1n) is 9.37. The van der Waals surface area contributed by atoms with Gasteiger partial charge in [0, 0.05) is 44.6 Å². The third kappa shape index (κ3) is 4.26. The summed E-state index contributed by atoms with van der Waals surface area (Å²) in [5, 5.41) is 9.47. The molecule has 0 radical (unpaired) electrons. The third-order valence-electron chi connectivity index (χ3n) is 4.88. The lowest BCUT2D eigenvalue weighted by atomic mass is 10.1. The molecule has 1 heterocycles. The van der Waals surface area contributed by atoms with Crippen LogP contribution in [0.1, 0.15) is 12.0 Å². The predicted octanol–water partition coefficient (Wildman–Crippen LogP) is 3.12. The molecule has 29 heavy (non-hydrogen) atoms. The van der Waals surface area contributed by atoms with Crippen LogP contribution in [0.2, 0.25) is 0 Å². The van der Waals surface area contributed by atoms with Crippen LogP contribution >= 0.6 is 12.2 Å². The summed E-state index contributed by atoms with van der Waals surface area (Å²) >= 11 is 5.50. The van der Waals surface area contributed by atoms with Crippen molar-refractivity contribution in [3.8, 4) is 5.75 Å². The average Bonchev–Trinajstić information content (AvgIpc) is 2.95. The van der Waals surface area contributed by atoms with Crippen LogP contribution < -0.4 is 14.5 Å². The van der Waals surface area contributed by atoms with Gasteiger partial charge in [-0.3, -0.25) is 9.69 Å². The summed E-state index contributed by atoms with van der Waals surface area (Å²) in [6.07, 6.45) is 2.49. The SMILES string of the molecule is COc1cc(N(C)CCCO)ccc1/C=C1\C(=O)N(c2ccccc2)C(=S)N1C. The predicted molar refractivity (Wildman–Crippen MR) is 120 cm³/mol. The van der Waals surface area contributed by atoms with Crippen molar-refractivity contribution in [1.29, 1.82) is 0 Å². The number of aliphatic hydroxyl groups excluding tert-OH is 1. The number of para-hydroxylation sites is 1. The maximum absolute atomic E-state index is 13.1. The van der Waals surface area contributed by atoms with Crippen molar-refractivity contribution in [2.24, 2.45) is 0 Å². The quantitative estimate of drug-likeness (QED) is 0.558. The van der Waals surface area contributed by atoms with Gasteiger partial charge < -0.3 is 19.6 Å². The maximum atomic E-state index is 13.1. The van der Waals surface area contributed by atoms with Crippen LogP contribution in [0.4, 0.5) is 11.4 Å². The fourth-order valence-electron chi connectivity index (χ4n) is 3.20. The lowest BCUT2D eigenvalue weighted by molar-refractivity contribution is -0.114. The fraction of sp³-hybridized carbons (Fsp3) is 0.273. The van der Waals surface area contributed by atoms with E-state index in [-0.39, 0.29) is 12.5 Å². The van der Waals surface area contributed by atoms with Gasteiger partial charge in [0.25, 0.3) is 5.91 Å². The molecule has 1 amide bonds. The van der Waals surface area contributed by atoms with E-state index in [0.29, 0.717) is 23.0 Å². The molecule has 0 atom stereocenters. The number of ether oxygens (including phenoxy) is 1. The summed E-state index contributed by atoms with van der Waals surface area (Å²) in [5.41, 5.74) is 2.99. The summed E-state index contributed by atoms with van der Waals surface area (Å²) in [6, 6.07) is 15.2. The van der Waals surface area contributed by atoms with Crippen LogP contribution in [0.3, 0.4) is 0 Å². The van der Waals surface area contributed by atoms with Crippen LogP contribution in [0.25, 0.3) is 6.08 Å². The Labute approximate surface area is 176 Å². The minimum absolute atomic E-state index is 0.151. The highest BCUT2D eigenvalue weighted by molar-refractivity contribution is 7.80. The Morgan fingerprint density at radius 1 is 1.21 bits per heavy atom. The standard InChI is InChI=1S/C22H25N3O3S/c1-23(12-7-13-26)18-11-10-16(20(15-18)28-3)14-19-21(27)25(22(29)24(19)2)17-8-5-4-6-9-17/h4-6,8-11,14-15,26H,7,12-13H2,1-3H3/b19-14+. The molecule has 2 aromatic rings. The van der Waals surface area contributed by atoms with Crippen molar-refractivity contribution in [3.05, 3.63) is 59.8 Å². The van der Waals surface area contributed by atoms with E-state index in [2.05, 4.69) is 4.90 Å². The van der Waals surface area contributed by atoms with Crippen molar-refractivity contribution in [1.82, 2.24) is 4.90 Å². The smallest absolute Gasteiger partial charge is 0.281 e. The highest BCUT2D eigenvalue weighted by Crippen LogP contribution is 2.31. The summed E-state index contributed by atoms with van der Waals surface area (Å²) in [6.45, 7) is 0.888. The van der Waals surface area contributed by atoms with Crippen molar-refractivity contribution in [2.45, 2.75) is 6.42 Å². The van der Waals surface area contributed by atoms with E-state index in [4.69, 9.17) is 22.1 Å². The van der Waals surface area contributed by atoms with Crippen LogP contribution in [0.5, 0.6) is 5.75 Å². The summed E-state index contributed by atoms with van der Waals surface area (Å²) in [7, 11) is 5.36. The molecule has 3 rings (SSSR count). The van der Waals surface area contributed by atoms with Gasteiger partial charge in [-0.05, 0) is 49.0 Å². The number of carbonyl (C=O) groups excluding carboxylic acids is 1. The monoisotopic (exact) mass is 411 g/mol. The fourth-order valence-corrected chi connectivity index (χ4v) is 3.49. The van der Waals surface area contributed by atoms with E-state index in [1.807, 2.05) is 55.6 Å². The third-order valence-corrected chi connectivity index (χ3v) is 5.33. The van der Waals surface area contributed by atoms with Crippen LogP contribution in [0, 0.1) is 0 Å². The Bertz CT molecular complexity index is 930. The Balaban J connectivity index is 1.93. The van der Waals surface area contributed by atoms with E-state index >= 15 is 0 Å². The molecular formula is C22H25N3O3S. The number of amides is 1. The molecule has 7 heteroatoms. The lowest BCUT2D eigenvalue weighted by Crippen LogP contribution is -2.30. The molecule has 1 aliphatic heterocycles. The van der Waals surface area contributed by atoms with Crippen molar-refractivity contribution >= 4 is 40.7 Å². The molecule has 2 aromatic carbocycles. The number of aliphatic hydroxyl groups is 1. The van der Waals surface area contributed by atoms with E-state index in [0.717, 1.165) is 23.5 Å². The molecule has 0 bridgehead atoms. The Kier molecular flexibility index (Phi) is 6.51. The molecule has 0 saturated carbocycles. The summed E-state index contributed by atoms with van der Waals surface area (Å²) in [4.78, 5) is 18.4. The molecule has 0 spiro atoms. The number of methoxy groups -OCH3 is 1. The van der Waals surface area contributed by atoms with Gasteiger partial charge >= 0.3 is 0 Å². The molecular weight excluding hydrogens is 386 g/mol. The largest absolute Gasteiger partial charge is 0.496 e. The average molecular weight is 412 g/mol. The van der Waals surface area contributed by atoms with Crippen LogP contribution in [0.15, 0.2) is 54.2 Å². The second-order valence-corrected chi connectivity index (χ2v) is 7.14. The van der Waals surface area contributed by atoms with Crippen molar-refractivity contribution in [3.63, 3.8) is 0 Å². The number of nitrogens with zero attached hydrogens (tertiary/aromatic N) is 3. The lowest BCUT2D eigenvalue weighted by Gasteiger charge is -2.20. The summed E-state index contributed by atoms with van der Waals surface area (Å²) in [5.74, 6) is 0.492. The number of anilines is 2. The highest BCUT2D eigenvalue weighted by Gasteiger charge is 2.36. The number of benzene rings is 2. The number of hydrogen-bond acceptors (Lipinski definition) is 5. The Morgan fingerprint density at radius 3 is 2.59 bits per heavy atom. The molecule has 1 N–H and O–H groups in total. The van der Waals surface area contributed by atoms with E-state index in [1.165, 1.54) is 4.90 Å². The zero-order valence-electron chi connectivity index (χ0n) is 16.8. The molecule has 0 unspecified atom stereocenters. The first-order valence-corrected chi connectivity index (χ1v) is 9.77. The van der Waals surface area contributed by atoms with Gasteiger partial charge in [-0.1, -0.05) is 18.2 Å². The second-order valence-electron chi connectivity index (χ2n) is 6.77. The number of rotatable bonds is 7. The zero-order chi connectivity index (χ0) is 21.0. The van der Waals surface area contributed by atoms with Crippen LogP contribution in [-0.2, 0) is 4.79 Å². The maximum Gasteiger partial charge on any atom is 0.281 e. The van der Waals surface area contributed by atoms with Gasteiger partial charge in [-0.2, -0.15) is 0 Å². The minimum atomic E-state index is -0.171. The zero-order valence-corrected chi connectivity index (χ0v) is 17.6. The highest BCUT2D eigenvalue weighted by atomic mass is 32.1. The molecule has 0 aliphatic carbocycles. The number of thiocarbonyl (C=S) groups is 1. The van der Waals surface area contributed by atoms with Crippen molar-refractivity contribution in [2.75, 3.05) is 44.2 Å². The first kappa shape index (κ1) is 20.8. The second kappa shape index (κ2) is 9.07. The van der Waals surface area contributed by atoms with Gasteiger partial charge in [-0.25, -0.2) is 0 Å². The normalized spacial score (nSPS) is 15.4. The number of carbonyl (C=O) groups is 1. The Hall–Kier alpha value is -2.90. The topological polar surface area (TPSA) is 56.3 Å². The van der Waals surface area contributed by atoms with E-state index < -0.39 is 0 Å². The van der Waals surface area contributed by atoms with Gasteiger partial charge in [0.2, 0.25) is 0 Å². The molecule has 0 aromatic heterocycles.